The van der Waals surface area contributed by atoms with Gasteiger partial charge in [0.15, 0.2) is 5.65 Å². The van der Waals surface area contributed by atoms with E-state index in [1.54, 1.807) is 18.5 Å². The van der Waals surface area contributed by atoms with Crippen LogP contribution in [0.15, 0.2) is 43.6 Å². The van der Waals surface area contributed by atoms with Crippen molar-refractivity contribution in [3.8, 4) is 0 Å². The van der Waals surface area contributed by atoms with Crippen LogP contribution < -0.4 is 5.17 Å². The van der Waals surface area contributed by atoms with Gasteiger partial charge in [-0.1, -0.05) is 0 Å². The Morgan fingerprint density at radius 2 is 1.95 bits per heavy atom. The van der Waals surface area contributed by atoms with Gasteiger partial charge in [0, 0.05) is 12.4 Å². The lowest BCUT2D eigenvalue weighted by Crippen LogP contribution is -2.28. The molecule has 1 N–H and O–H groups in total. The van der Waals surface area contributed by atoms with Crippen LogP contribution in [0.25, 0.3) is 11.2 Å². The first-order valence-electron chi connectivity index (χ1n) is 5.09. The Labute approximate surface area is 107 Å². The van der Waals surface area contributed by atoms with Gasteiger partial charge in [-0.3, -0.25) is 10.0 Å². The summed E-state index contributed by atoms with van der Waals surface area (Å²) in [5.74, 6) is 0. The number of carbonyl (C=O) groups is 1. The van der Waals surface area contributed by atoms with Gasteiger partial charge < -0.3 is 0 Å². The lowest BCUT2D eigenvalue weighted by atomic mass is 10.6. The number of nitrogens with zero attached hydrogens (tertiary/aromatic N) is 7. The van der Waals surface area contributed by atoms with Crippen molar-refractivity contribution in [3.05, 3.63) is 43.6 Å². The molecule has 3 aromatic rings. The van der Waals surface area contributed by atoms with Gasteiger partial charge in [0.05, 0.1) is 6.20 Å². The highest BCUT2D eigenvalue weighted by molar-refractivity contribution is 5.71. The molecule has 1 amide bonds. The summed E-state index contributed by atoms with van der Waals surface area (Å²) < 4.78 is 1.10. The number of aromatic nitrogens is 6. The number of amides is 1. The minimum Gasteiger partial charge on any atom is -0.274 e. The molecule has 0 unspecified atom stereocenters. The predicted molar refractivity (Wildman–Crippen MR) is 63.4 cm³/mol. The molecule has 0 atom stereocenters. The third-order valence-electron chi connectivity index (χ3n) is 1.99. The van der Waals surface area contributed by atoms with E-state index in [0.717, 1.165) is 4.68 Å². The maximum Gasteiger partial charge on any atom is 0.255 e. The van der Waals surface area contributed by atoms with E-state index in [2.05, 4.69) is 24.9 Å². The van der Waals surface area contributed by atoms with E-state index in [4.69, 9.17) is 5.21 Å². The summed E-state index contributed by atoms with van der Waals surface area (Å²) in [6.45, 7) is 0. The third-order valence-corrected chi connectivity index (χ3v) is 1.99. The Morgan fingerprint density at radius 3 is 2.53 bits per heavy atom. The summed E-state index contributed by atoms with van der Waals surface area (Å²) in [4.78, 5) is 29.0. The van der Waals surface area contributed by atoms with E-state index in [-0.39, 0.29) is 6.41 Å². The lowest BCUT2D eigenvalue weighted by molar-refractivity contribution is -0.114. The zero-order valence-corrected chi connectivity index (χ0v) is 9.60. The van der Waals surface area contributed by atoms with Crippen LogP contribution >= 0.6 is 0 Å². The van der Waals surface area contributed by atoms with Crippen LogP contribution in [0.1, 0.15) is 0 Å². The first kappa shape index (κ1) is 12.5. The van der Waals surface area contributed by atoms with E-state index in [9.17, 15) is 4.79 Å². The van der Waals surface area contributed by atoms with E-state index in [1.165, 1.54) is 25.2 Å². The average Bonchev–Trinajstić information content (AvgIpc) is 2.93. The Balaban J connectivity index is 0.000000186. The lowest BCUT2D eigenvalue weighted by Gasteiger charge is -2.07. The molecule has 3 rings (SSSR count). The fourth-order valence-corrected chi connectivity index (χ4v) is 1.21. The van der Waals surface area contributed by atoms with E-state index < -0.39 is 0 Å². The highest BCUT2D eigenvalue weighted by Crippen LogP contribution is 2.05. The number of fused-ring (bicyclic) bond motifs is 1. The second kappa shape index (κ2) is 6.12. The standard InChI is InChI=1S/C6H5N5O2.C4H4N2/c12-4-11(13)10-3-9-5-1-7-2-8-6(5)10;1-2-5-4-6-3-1/h1-4,13H;1-4H. The Kier molecular flexibility index (Phi) is 4.03. The Hall–Kier alpha value is -2.94. The minimum atomic E-state index is 0.239. The topological polar surface area (TPSA) is 110 Å². The summed E-state index contributed by atoms with van der Waals surface area (Å²) >= 11 is 0. The van der Waals surface area contributed by atoms with Crippen LogP contribution in [0.2, 0.25) is 0 Å². The fourth-order valence-electron chi connectivity index (χ4n) is 1.21. The van der Waals surface area contributed by atoms with E-state index in [1.807, 2.05) is 0 Å². The molecule has 0 saturated carbocycles. The van der Waals surface area contributed by atoms with E-state index >= 15 is 0 Å². The molecule has 3 heterocycles. The summed E-state index contributed by atoms with van der Waals surface area (Å²) in [6.07, 6.45) is 9.17. The highest BCUT2D eigenvalue weighted by atomic mass is 16.6. The second-order valence-corrected chi connectivity index (χ2v) is 3.15. The Bertz CT molecular complexity index is 616. The molecule has 0 spiro atoms. The molecule has 0 fully saturated rings. The SMILES string of the molecule is O=CN(O)n1cnc2cncnc21.c1cncnc1. The molecule has 19 heavy (non-hydrogen) atoms. The van der Waals surface area contributed by atoms with E-state index in [0.29, 0.717) is 16.3 Å². The number of carbonyl (C=O) groups excluding carboxylic acids is 1. The van der Waals surface area contributed by atoms with Crippen LogP contribution in [0.3, 0.4) is 0 Å². The molecule has 3 aromatic heterocycles. The summed E-state index contributed by atoms with van der Waals surface area (Å²) in [5.41, 5.74) is 0.869. The summed E-state index contributed by atoms with van der Waals surface area (Å²) in [7, 11) is 0. The smallest absolute Gasteiger partial charge is 0.255 e. The molecule has 96 valence electrons. The second-order valence-electron chi connectivity index (χ2n) is 3.15. The third kappa shape index (κ3) is 3.04. The number of hydrogen-bond donors (Lipinski definition) is 1. The van der Waals surface area contributed by atoms with Gasteiger partial charge in [-0.25, -0.2) is 24.9 Å². The largest absolute Gasteiger partial charge is 0.274 e. The molecule has 9 nitrogen and oxygen atoms in total. The van der Waals surface area contributed by atoms with Crippen molar-refractivity contribution in [3.63, 3.8) is 0 Å². The molecule has 0 aliphatic heterocycles. The van der Waals surface area contributed by atoms with Crippen LogP contribution in [-0.2, 0) is 4.79 Å². The number of hydroxylamine groups is 1. The molecular formula is C10H9N7O2. The van der Waals surface area contributed by atoms with Crippen LogP contribution in [0, 0.1) is 0 Å². The molecule has 0 aliphatic carbocycles. The molecule has 0 saturated heterocycles. The zero-order valence-electron chi connectivity index (χ0n) is 9.60. The zero-order chi connectivity index (χ0) is 13.5. The molecule has 0 radical (unpaired) electrons. The van der Waals surface area contributed by atoms with Gasteiger partial charge in [-0.05, 0) is 6.07 Å². The van der Waals surface area contributed by atoms with Crippen molar-refractivity contribution in [1.82, 2.24) is 29.6 Å². The van der Waals surface area contributed by atoms with Gasteiger partial charge in [0.25, 0.3) is 6.41 Å². The predicted octanol–water partition coefficient (Wildman–Crippen LogP) is -0.214. The average molecular weight is 259 g/mol. The molecule has 0 bridgehead atoms. The van der Waals surface area contributed by atoms with Gasteiger partial charge in [0.1, 0.15) is 24.5 Å². The van der Waals surface area contributed by atoms with Crippen molar-refractivity contribution >= 4 is 17.6 Å². The Morgan fingerprint density at radius 1 is 1.16 bits per heavy atom. The number of rotatable bonds is 2. The number of imidazole rings is 1. The van der Waals surface area contributed by atoms with Gasteiger partial charge in [-0.15, -0.1) is 5.17 Å². The molecule has 9 heteroatoms. The van der Waals surface area contributed by atoms with Gasteiger partial charge in [-0.2, -0.15) is 4.68 Å². The monoisotopic (exact) mass is 259 g/mol. The van der Waals surface area contributed by atoms with Crippen molar-refractivity contribution in [2.45, 2.75) is 0 Å². The van der Waals surface area contributed by atoms with Crippen LogP contribution in [0.4, 0.5) is 0 Å². The highest BCUT2D eigenvalue weighted by Gasteiger charge is 2.06. The van der Waals surface area contributed by atoms with Gasteiger partial charge in [0.2, 0.25) is 0 Å². The quantitative estimate of drug-likeness (QED) is 0.385. The molecular weight excluding hydrogens is 250 g/mol. The molecule has 0 aromatic carbocycles. The maximum atomic E-state index is 10.2. The van der Waals surface area contributed by atoms with Gasteiger partial charge >= 0.3 is 0 Å². The van der Waals surface area contributed by atoms with Crippen molar-refractivity contribution in [2.75, 3.05) is 5.17 Å². The fraction of sp³-hybridized carbons (Fsp3) is 0. The number of hydrogen-bond acceptors (Lipinski definition) is 7. The van der Waals surface area contributed by atoms with Crippen molar-refractivity contribution < 1.29 is 10.0 Å². The maximum absolute atomic E-state index is 10.2. The van der Waals surface area contributed by atoms with Crippen LogP contribution in [0.5, 0.6) is 0 Å². The summed E-state index contributed by atoms with van der Waals surface area (Å²) in [6, 6.07) is 1.78. The first-order chi connectivity index (χ1) is 9.33. The van der Waals surface area contributed by atoms with Crippen LogP contribution in [-0.4, -0.2) is 41.2 Å². The molecule has 0 aliphatic rings. The van der Waals surface area contributed by atoms with Crippen molar-refractivity contribution in [2.24, 2.45) is 0 Å². The minimum absolute atomic E-state index is 0.239. The normalized spacial score (nSPS) is 9.53. The first-order valence-corrected chi connectivity index (χ1v) is 5.09. The summed E-state index contributed by atoms with van der Waals surface area (Å²) in [5, 5.41) is 9.39. The van der Waals surface area contributed by atoms with Crippen molar-refractivity contribution in [1.29, 1.82) is 0 Å².